The summed E-state index contributed by atoms with van der Waals surface area (Å²) in [7, 11) is 0. The summed E-state index contributed by atoms with van der Waals surface area (Å²) in [6, 6.07) is 57.2. The first-order valence-electron chi connectivity index (χ1n) is 25.8. The molecule has 0 radical (unpaired) electrons. The number of allylic oxidation sites excluding steroid dienone is 2. The number of hydrogen-bond donors (Lipinski definition) is 0. The Morgan fingerprint density at radius 2 is 0.687 bits per heavy atom. The summed E-state index contributed by atoms with van der Waals surface area (Å²) in [6.07, 6.45) is 25.5. The predicted octanol–water partition coefficient (Wildman–Crippen LogP) is 12.7. The van der Waals surface area contributed by atoms with Crippen molar-refractivity contribution in [2.45, 2.75) is 104 Å². The molecule has 1 saturated heterocycles. The van der Waals surface area contributed by atoms with Crippen molar-refractivity contribution in [1.82, 2.24) is 0 Å². The maximum atomic E-state index is 2.89. The van der Waals surface area contributed by atoms with Crippen molar-refractivity contribution in [3.05, 3.63) is 179 Å². The summed E-state index contributed by atoms with van der Waals surface area (Å²) in [5.74, 6) is 1.43. The van der Waals surface area contributed by atoms with Crippen LogP contribution in [0.3, 0.4) is 0 Å². The Balaban J connectivity index is 0.00000234. The van der Waals surface area contributed by atoms with Crippen LogP contribution in [-0.2, 0) is 20.3 Å². The molecule has 14 rings (SSSR count). The van der Waals surface area contributed by atoms with E-state index in [9.17, 15) is 0 Å². The van der Waals surface area contributed by atoms with E-state index in [1.165, 1.54) is 155 Å². The molecule has 0 nitrogen and oxygen atoms in total. The van der Waals surface area contributed by atoms with Gasteiger partial charge in [0.2, 0.25) is 0 Å². The third kappa shape index (κ3) is 6.75. The number of hydrogen-bond acceptors (Lipinski definition) is 0. The van der Waals surface area contributed by atoms with Gasteiger partial charge in [0.25, 0.3) is 0 Å². The van der Waals surface area contributed by atoms with E-state index < -0.39 is 20.3 Å². The molecule has 8 aromatic carbocycles. The number of fused-ring (bicyclic) bond motifs is 7. The Labute approximate surface area is 414 Å². The fourth-order valence-electron chi connectivity index (χ4n) is 15.8. The van der Waals surface area contributed by atoms with E-state index in [-0.39, 0.29) is 24.8 Å². The molecule has 0 spiro atoms. The van der Waals surface area contributed by atoms with Gasteiger partial charge in [-0.15, -0.1) is 0 Å². The van der Waals surface area contributed by atoms with Gasteiger partial charge < -0.3 is 24.8 Å². The third-order valence-corrected chi connectivity index (χ3v) is 35.2. The summed E-state index contributed by atoms with van der Waals surface area (Å²) in [4.78, 5) is 0. The van der Waals surface area contributed by atoms with E-state index in [1.807, 2.05) is 11.1 Å². The van der Waals surface area contributed by atoms with Gasteiger partial charge in [0.05, 0.1) is 0 Å². The number of rotatable bonds is 6. The van der Waals surface area contributed by atoms with E-state index in [0.29, 0.717) is 19.1 Å². The van der Waals surface area contributed by atoms with Crippen LogP contribution < -0.4 is 24.8 Å². The minimum absolute atomic E-state index is 0. The van der Waals surface area contributed by atoms with Crippen LogP contribution in [0, 0.1) is 11.8 Å². The van der Waals surface area contributed by atoms with Gasteiger partial charge in [-0.3, -0.25) is 0 Å². The van der Waals surface area contributed by atoms with Gasteiger partial charge in [0.1, 0.15) is 0 Å². The Bertz CT molecular complexity index is 2960. The SMILES string of the molecule is C1=C(C2CCCCC2)[CH]([Zr+2]2([CH]3C(C4CCCCC4)=Cc4c(-c5c6ccccc6cc6ccccc56)cccc43)[CH]3CCCC[CH]32)c2cccc(-c3c4ccccc4cc4ccccc34)c21.[Cl-].[Cl-]. The Hall–Kier alpha value is -4.26. The van der Waals surface area contributed by atoms with Crippen LogP contribution in [-0.4, -0.2) is 0 Å². The van der Waals surface area contributed by atoms with Crippen LogP contribution in [0.2, 0.25) is 7.25 Å². The molecular formula is C64H60Cl2Zr. The van der Waals surface area contributed by atoms with Crippen LogP contribution in [0.4, 0.5) is 0 Å². The van der Waals surface area contributed by atoms with Gasteiger partial charge in [-0.25, -0.2) is 0 Å². The topological polar surface area (TPSA) is 0 Å². The van der Waals surface area contributed by atoms with Crippen molar-refractivity contribution in [2.24, 2.45) is 11.8 Å². The zero-order valence-corrected chi connectivity index (χ0v) is 42.6. The first kappa shape index (κ1) is 44.0. The average Bonchev–Trinajstić information content (AvgIpc) is 3.61. The molecule has 6 aliphatic rings. The Morgan fingerprint density at radius 1 is 0.343 bits per heavy atom. The Morgan fingerprint density at radius 3 is 1.06 bits per heavy atom. The molecule has 67 heavy (non-hydrogen) atoms. The van der Waals surface area contributed by atoms with Gasteiger partial charge in [-0.2, -0.15) is 0 Å². The molecule has 1 aliphatic heterocycles. The van der Waals surface area contributed by atoms with Crippen molar-refractivity contribution in [3.8, 4) is 22.3 Å². The largest absolute Gasteiger partial charge is 1.00 e. The second kappa shape index (κ2) is 17.6. The molecule has 0 amide bonds. The normalized spacial score (nSPS) is 23.7. The van der Waals surface area contributed by atoms with Crippen molar-refractivity contribution in [3.63, 3.8) is 0 Å². The molecule has 3 heteroatoms. The molecule has 0 N–H and O–H groups in total. The molecule has 5 aliphatic carbocycles. The summed E-state index contributed by atoms with van der Waals surface area (Å²) in [5, 5.41) is 11.0. The third-order valence-electron chi connectivity index (χ3n) is 18.4. The predicted molar refractivity (Wildman–Crippen MR) is 274 cm³/mol. The zero-order valence-electron chi connectivity index (χ0n) is 38.6. The number of halogens is 2. The standard InChI is InChI=1S/2C29H25.C6H10.2ClH.Zr/c2*1-2-9-20(10-3-1)24-18-23-13-8-16-27(28(23)19-24)29-25-14-6-4-11-21(25)17-22-12-5-7-15-26(22)29;1-2-4-6-5-3-1;;;/h2*4-8,11-20H,1-3,9-10H2;1-2H,3-6H2;2*1H;/q;;;;;+2/p-2. The summed E-state index contributed by atoms with van der Waals surface area (Å²) in [5.41, 5.74) is 16.4. The maximum Gasteiger partial charge on any atom is -1.00 e. The van der Waals surface area contributed by atoms with Gasteiger partial charge >= 0.3 is 393 Å². The first-order chi connectivity index (χ1) is 32.3. The van der Waals surface area contributed by atoms with E-state index in [4.69, 9.17) is 0 Å². The average molecular weight is 991 g/mol. The first-order valence-corrected chi connectivity index (χ1v) is 31.5. The molecule has 4 fully saturated rings. The number of benzene rings is 8. The van der Waals surface area contributed by atoms with E-state index in [0.717, 1.165) is 7.25 Å². The van der Waals surface area contributed by atoms with Gasteiger partial charge in [0, 0.05) is 0 Å². The Kier molecular flexibility index (Phi) is 11.6. The molecule has 334 valence electrons. The molecule has 3 saturated carbocycles. The van der Waals surface area contributed by atoms with E-state index in [2.05, 4.69) is 158 Å². The molecule has 4 unspecified atom stereocenters. The maximum absolute atomic E-state index is 3.39. The molecule has 1 heterocycles. The van der Waals surface area contributed by atoms with Crippen molar-refractivity contribution >= 4 is 55.2 Å². The summed E-state index contributed by atoms with van der Waals surface area (Å²) >= 11 is -3.39. The van der Waals surface area contributed by atoms with Crippen LogP contribution in [0.15, 0.2) is 157 Å². The smallest absolute Gasteiger partial charge is 1.00 e. The summed E-state index contributed by atoms with van der Waals surface area (Å²) < 4.78 is 3.24. The van der Waals surface area contributed by atoms with Crippen LogP contribution >= 0.6 is 0 Å². The van der Waals surface area contributed by atoms with Gasteiger partial charge in [0.15, 0.2) is 0 Å². The monoisotopic (exact) mass is 988 g/mol. The second-order valence-corrected chi connectivity index (χ2v) is 32.7. The minimum atomic E-state index is -3.39. The fourth-order valence-corrected chi connectivity index (χ4v) is 39.1. The van der Waals surface area contributed by atoms with Crippen LogP contribution in [0.5, 0.6) is 0 Å². The fraction of sp³-hybridized carbons (Fsp3) is 0.312. The zero-order chi connectivity index (χ0) is 42.6. The summed E-state index contributed by atoms with van der Waals surface area (Å²) in [6.45, 7) is 0. The van der Waals surface area contributed by atoms with Crippen molar-refractivity contribution in [1.29, 1.82) is 0 Å². The van der Waals surface area contributed by atoms with Crippen molar-refractivity contribution in [2.75, 3.05) is 0 Å². The second-order valence-electron chi connectivity index (χ2n) is 21.3. The quantitative estimate of drug-likeness (QED) is 0.146. The van der Waals surface area contributed by atoms with E-state index in [1.54, 1.807) is 22.3 Å². The van der Waals surface area contributed by atoms with Crippen LogP contribution in [0.25, 0.3) is 77.5 Å². The minimum Gasteiger partial charge on any atom is -1.00 e. The van der Waals surface area contributed by atoms with Gasteiger partial charge in [-0.05, 0) is 0 Å². The van der Waals surface area contributed by atoms with Gasteiger partial charge in [-0.1, -0.05) is 0 Å². The molecule has 0 bridgehead atoms. The molecule has 0 aromatic heterocycles. The van der Waals surface area contributed by atoms with Crippen LogP contribution in [0.1, 0.15) is 119 Å². The van der Waals surface area contributed by atoms with E-state index >= 15 is 0 Å². The molecule has 8 aromatic rings. The molecule has 4 atom stereocenters. The van der Waals surface area contributed by atoms with Crippen molar-refractivity contribution < 1.29 is 45.1 Å². The molecular weight excluding hydrogens is 931 g/mol.